The molecule has 2 aromatic carbocycles. The summed E-state index contributed by atoms with van der Waals surface area (Å²) in [7, 11) is 1.63. The second-order valence-electron chi connectivity index (χ2n) is 5.50. The first-order chi connectivity index (χ1) is 11.7. The zero-order valence-corrected chi connectivity index (χ0v) is 14.1. The lowest BCUT2D eigenvalue weighted by Crippen LogP contribution is -2.33. The smallest absolute Gasteiger partial charge is 0.225 e. The standard InChI is InChI=1S/C19H24N2O3/c1-15(14-19(22)21-16-6-4-3-5-7-16)20-12-13-24-18-10-8-17(23-2)9-11-18/h3-11,15,20H,12-14H2,1-2H3,(H,21,22). The number of para-hydroxylation sites is 1. The summed E-state index contributed by atoms with van der Waals surface area (Å²) in [5, 5.41) is 6.16. The summed E-state index contributed by atoms with van der Waals surface area (Å²) in [6.45, 7) is 3.20. The van der Waals surface area contributed by atoms with Crippen molar-refractivity contribution in [2.45, 2.75) is 19.4 Å². The number of nitrogens with one attached hydrogen (secondary N) is 2. The topological polar surface area (TPSA) is 59.6 Å². The zero-order chi connectivity index (χ0) is 17.2. The summed E-state index contributed by atoms with van der Waals surface area (Å²) in [5.41, 5.74) is 0.817. The molecule has 24 heavy (non-hydrogen) atoms. The minimum atomic E-state index is -0.00253. The van der Waals surface area contributed by atoms with Crippen LogP contribution in [0.5, 0.6) is 11.5 Å². The van der Waals surface area contributed by atoms with Crippen molar-refractivity contribution in [2.75, 3.05) is 25.6 Å². The van der Waals surface area contributed by atoms with Crippen molar-refractivity contribution in [3.63, 3.8) is 0 Å². The second-order valence-corrected chi connectivity index (χ2v) is 5.50. The molecular weight excluding hydrogens is 304 g/mol. The Morgan fingerprint density at radius 2 is 1.71 bits per heavy atom. The highest BCUT2D eigenvalue weighted by molar-refractivity contribution is 5.90. The molecule has 2 rings (SSSR count). The molecule has 1 amide bonds. The van der Waals surface area contributed by atoms with E-state index in [2.05, 4.69) is 10.6 Å². The Morgan fingerprint density at radius 1 is 1.04 bits per heavy atom. The number of methoxy groups -OCH3 is 1. The number of anilines is 1. The van der Waals surface area contributed by atoms with Crippen molar-refractivity contribution < 1.29 is 14.3 Å². The zero-order valence-electron chi connectivity index (χ0n) is 14.1. The van der Waals surface area contributed by atoms with Gasteiger partial charge in [0, 0.05) is 24.7 Å². The minimum Gasteiger partial charge on any atom is -0.497 e. The van der Waals surface area contributed by atoms with E-state index in [0.717, 1.165) is 17.2 Å². The van der Waals surface area contributed by atoms with Crippen molar-refractivity contribution in [1.82, 2.24) is 5.32 Å². The van der Waals surface area contributed by atoms with Gasteiger partial charge in [0.25, 0.3) is 0 Å². The average Bonchev–Trinajstić information content (AvgIpc) is 2.60. The number of hydrogen-bond acceptors (Lipinski definition) is 4. The maximum atomic E-state index is 11.9. The van der Waals surface area contributed by atoms with E-state index in [1.54, 1.807) is 7.11 Å². The summed E-state index contributed by atoms with van der Waals surface area (Å²) in [4.78, 5) is 11.9. The van der Waals surface area contributed by atoms with Gasteiger partial charge in [-0.1, -0.05) is 18.2 Å². The van der Waals surface area contributed by atoms with Gasteiger partial charge in [-0.2, -0.15) is 0 Å². The van der Waals surface area contributed by atoms with Gasteiger partial charge in [-0.15, -0.1) is 0 Å². The highest BCUT2D eigenvalue weighted by Gasteiger charge is 2.08. The van der Waals surface area contributed by atoms with E-state index in [9.17, 15) is 4.79 Å². The van der Waals surface area contributed by atoms with Gasteiger partial charge in [0.2, 0.25) is 5.91 Å². The Labute approximate surface area is 143 Å². The van der Waals surface area contributed by atoms with Crippen LogP contribution < -0.4 is 20.1 Å². The molecule has 5 nitrogen and oxygen atoms in total. The quantitative estimate of drug-likeness (QED) is 0.695. The van der Waals surface area contributed by atoms with E-state index < -0.39 is 0 Å². The van der Waals surface area contributed by atoms with E-state index >= 15 is 0 Å². The molecule has 128 valence electrons. The van der Waals surface area contributed by atoms with Crippen molar-refractivity contribution in [3.8, 4) is 11.5 Å². The van der Waals surface area contributed by atoms with Crippen LogP contribution in [0.4, 0.5) is 5.69 Å². The molecule has 5 heteroatoms. The van der Waals surface area contributed by atoms with Crippen LogP contribution in [0.15, 0.2) is 54.6 Å². The lowest BCUT2D eigenvalue weighted by atomic mass is 10.2. The van der Waals surface area contributed by atoms with Crippen molar-refractivity contribution in [2.24, 2.45) is 0 Å². The molecule has 0 aliphatic heterocycles. The minimum absolute atomic E-state index is 0.00253. The van der Waals surface area contributed by atoms with Crippen molar-refractivity contribution in [3.05, 3.63) is 54.6 Å². The molecule has 0 aliphatic rings. The molecule has 0 heterocycles. The van der Waals surface area contributed by atoms with Crippen LogP contribution in [-0.4, -0.2) is 32.2 Å². The molecule has 0 aliphatic carbocycles. The third-order valence-corrected chi connectivity index (χ3v) is 3.47. The van der Waals surface area contributed by atoms with Gasteiger partial charge in [-0.3, -0.25) is 4.79 Å². The summed E-state index contributed by atoms with van der Waals surface area (Å²) in [5.74, 6) is 1.60. The van der Waals surface area contributed by atoms with E-state index in [-0.39, 0.29) is 11.9 Å². The average molecular weight is 328 g/mol. The van der Waals surface area contributed by atoms with Crippen molar-refractivity contribution in [1.29, 1.82) is 0 Å². The molecule has 2 aromatic rings. The number of rotatable bonds is 9. The molecule has 1 atom stereocenters. The highest BCUT2D eigenvalue weighted by Crippen LogP contribution is 2.16. The van der Waals surface area contributed by atoms with Gasteiger partial charge in [-0.25, -0.2) is 0 Å². The van der Waals surface area contributed by atoms with E-state index in [1.807, 2.05) is 61.5 Å². The predicted octanol–water partition coefficient (Wildman–Crippen LogP) is 3.08. The fourth-order valence-electron chi connectivity index (χ4n) is 2.23. The van der Waals surface area contributed by atoms with Gasteiger partial charge < -0.3 is 20.1 Å². The SMILES string of the molecule is COc1ccc(OCCNC(C)CC(=O)Nc2ccccc2)cc1. The van der Waals surface area contributed by atoms with Gasteiger partial charge >= 0.3 is 0 Å². The van der Waals surface area contributed by atoms with E-state index in [0.29, 0.717) is 19.6 Å². The normalized spacial score (nSPS) is 11.6. The van der Waals surface area contributed by atoms with Crippen LogP contribution >= 0.6 is 0 Å². The second kappa shape index (κ2) is 9.57. The van der Waals surface area contributed by atoms with Crippen LogP contribution in [0, 0.1) is 0 Å². The van der Waals surface area contributed by atoms with Crippen LogP contribution in [0.25, 0.3) is 0 Å². The lowest BCUT2D eigenvalue weighted by Gasteiger charge is -2.14. The van der Waals surface area contributed by atoms with Gasteiger partial charge in [-0.05, 0) is 43.3 Å². The number of carbonyl (C=O) groups is 1. The Kier molecular flexibility index (Phi) is 7.11. The molecule has 1 unspecified atom stereocenters. The molecule has 0 saturated heterocycles. The molecule has 0 radical (unpaired) electrons. The van der Waals surface area contributed by atoms with Crippen LogP contribution in [0.2, 0.25) is 0 Å². The Bertz CT molecular complexity index is 614. The summed E-state index contributed by atoms with van der Waals surface area (Å²) in [6.07, 6.45) is 0.414. The maximum Gasteiger partial charge on any atom is 0.225 e. The fraction of sp³-hybridized carbons (Fsp3) is 0.316. The summed E-state index contributed by atoms with van der Waals surface area (Å²) < 4.78 is 10.7. The van der Waals surface area contributed by atoms with Gasteiger partial charge in [0.15, 0.2) is 0 Å². The number of amides is 1. The van der Waals surface area contributed by atoms with E-state index in [1.165, 1.54) is 0 Å². The Morgan fingerprint density at radius 3 is 2.38 bits per heavy atom. The number of benzene rings is 2. The first kappa shape index (κ1) is 17.8. The fourth-order valence-corrected chi connectivity index (χ4v) is 2.23. The molecule has 0 spiro atoms. The number of carbonyl (C=O) groups excluding carboxylic acids is 1. The third kappa shape index (κ3) is 6.30. The van der Waals surface area contributed by atoms with Gasteiger partial charge in [0.1, 0.15) is 18.1 Å². The first-order valence-electron chi connectivity index (χ1n) is 8.02. The monoisotopic (exact) mass is 328 g/mol. The maximum absolute atomic E-state index is 11.9. The largest absolute Gasteiger partial charge is 0.497 e. The molecule has 0 fully saturated rings. The molecule has 0 aromatic heterocycles. The Balaban J connectivity index is 1.62. The van der Waals surface area contributed by atoms with Gasteiger partial charge in [0.05, 0.1) is 7.11 Å². The molecular formula is C19H24N2O3. The van der Waals surface area contributed by atoms with Crippen LogP contribution in [0.1, 0.15) is 13.3 Å². The highest BCUT2D eigenvalue weighted by atomic mass is 16.5. The summed E-state index contributed by atoms with van der Waals surface area (Å²) in [6, 6.07) is 17.0. The first-order valence-corrected chi connectivity index (χ1v) is 8.02. The Hall–Kier alpha value is -2.53. The number of hydrogen-bond donors (Lipinski definition) is 2. The molecule has 0 saturated carbocycles. The molecule has 0 bridgehead atoms. The lowest BCUT2D eigenvalue weighted by molar-refractivity contribution is -0.116. The third-order valence-electron chi connectivity index (χ3n) is 3.47. The predicted molar refractivity (Wildman–Crippen MR) is 95.6 cm³/mol. The number of ether oxygens (including phenoxy) is 2. The molecule has 2 N–H and O–H groups in total. The summed E-state index contributed by atoms with van der Waals surface area (Å²) >= 11 is 0. The van der Waals surface area contributed by atoms with Crippen molar-refractivity contribution >= 4 is 11.6 Å². The van der Waals surface area contributed by atoms with Crippen LogP contribution in [0.3, 0.4) is 0 Å². The van der Waals surface area contributed by atoms with Crippen LogP contribution in [-0.2, 0) is 4.79 Å². The van der Waals surface area contributed by atoms with E-state index in [4.69, 9.17) is 9.47 Å².